The molecule has 25 heavy (non-hydrogen) atoms. The maximum absolute atomic E-state index is 13.0. The van der Waals surface area contributed by atoms with E-state index < -0.39 is 11.7 Å². The smallest absolute Gasteiger partial charge is 0.342 e. The highest BCUT2D eigenvalue weighted by Crippen LogP contribution is 2.31. The molecular formula is C17H21F3N4O. The zero-order valence-electron chi connectivity index (χ0n) is 14.3. The SMILES string of the molecule is CC[C@@H](C)C(=O)N1CCC[C@@H](c2nnc3ccc(C(F)(F)F)cn23)C1. The second kappa shape index (κ2) is 6.65. The van der Waals surface area contributed by atoms with Crippen molar-refractivity contribution in [2.24, 2.45) is 5.92 Å². The third kappa shape index (κ3) is 3.48. The number of aromatic nitrogens is 3. The summed E-state index contributed by atoms with van der Waals surface area (Å²) >= 11 is 0. The minimum atomic E-state index is -4.42. The molecule has 1 aliphatic rings. The fourth-order valence-electron chi connectivity index (χ4n) is 3.23. The second-order valence-corrected chi connectivity index (χ2v) is 6.63. The van der Waals surface area contributed by atoms with Gasteiger partial charge in [0.05, 0.1) is 5.56 Å². The minimum Gasteiger partial charge on any atom is -0.342 e. The molecule has 0 radical (unpaired) electrons. The Bertz CT molecular complexity index is 771. The summed E-state index contributed by atoms with van der Waals surface area (Å²) in [5.41, 5.74) is -0.349. The van der Waals surface area contributed by atoms with Crippen LogP contribution in [-0.4, -0.2) is 38.5 Å². The molecule has 3 rings (SSSR count). The van der Waals surface area contributed by atoms with Gasteiger partial charge in [0.25, 0.3) is 0 Å². The van der Waals surface area contributed by atoms with Crippen LogP contribution in [0.5, 0.6) is 0 Å². The van der Waals surface area contributed by atoms with Gasteiger partial charge in [0.2, 0.25) is 5.91 Å². The van der Waals surface area contributed by atoms with Crippen LogP contribution >= 0.6 is 0 Å². The molecule has 3 heterocycles. The molecule has 136 valence electrons. The van der Waals surface area contributed by atoms with E-state index in [-0.39, 0.29) is 17.7 Å². The number of carbonyl (C=O) groups is 1. The van der Waals surface area contributed by atoms with Crippen LogP contribution < -0.4 is 0 Å². The largest absolute Gasteiger partial charge is 0.417 e. The summed E-state index contributed by atoms with van der Waals surface area (Å²) in [5, 5.41) is 8.09. The van der Waals surface area contributed by atoms with Gasteiger partial charge in [-0.1, -0.05) is 13.8 Å². The van der Waals surface area contributed by atoms with Crippen LogP contribution in [0.3, 0.4) is 0 Å². The molecule has 0 unspecified atom stereocenters. The van der Waals surface area contributed by atoms with Crippen LogP contribution in [0.15, 0.2) is 18.3 Å². The van der Waals surface area contributed by atoms with Crippen molar-refractivity contribution in [3.05, 3.63) is 29.7 Å². The highest BCUT2D eigenvalue weighted by Gasteiger charge is 2.33. The summed E-state index contributed by atoms with van der Waals surface area (Å²) < 4.78 is 40.4. The Balaban J connectivity index is 1.89. The van der Waals surface area contributed by atoms with Crippen molar-refractivity contribution in [2.45, 2.75) is 45.2 Å². The first kappa shape index (κ1) is 17.7. The summed E-state index contributed by atoms with van der Waals surface area (Å²) in [6.07, 6.45) is -1.02. The van der Waals surface area contributed by atoms with Gasteiger partial charge in [-0.15, -0.1) is 10.2 Å². The molecule has 0 bridgehead atoms. The van der Waals surface area contributed by atoms with Gasteiger partial charge in [-0.3, -0.25) is 9.20 Å². The number of fused-ring (bicyclic) bond motifs is 1. The van der Waals surface area contributed by atoms with E-state index in [9.17, 15) is 18.0 Å². The maximum atomic E-state index is 13.0. The van der Waals surface area contributed by atoms with E-state index >= 15 is 0 Å². The number of alkyl halides is 3. The van der Waals surface area contributed by atoms with Crippen LogP contribution in [0.2, 0.25) is 0 Å². The van der Waals surface area contributed by atoms with Gasteiger partial charge in [-0.25, -0.2) is 0 Å². The van der Waals surface area contributed by atoms with E-state index in [1.54, 1.807) is 4.90 Å². The van der Waals surface area contributed by atoms with Crippen molar-refractivity contribution in [1.82, 2.24) is 19.5 Å². The Labute approximate surface area is 143 Å². The molecule has 0 N–H and O–H groups in total. The van der Waals surface area contributed by atoms with Crippen LogP contribution in [0.1, 0.15) is 50.4 Å². The molecular weight excluding hydrogens is 333 g/mol. The number of carbonyl (C=O) groups excluding carboxylic acids is 1. The topological polar surface area (TPSA) is 50.5 Å². The summed E-state index contributed by atoms with van der Waals surface area (Å²) in [6.45, 7) is 5.02. The molecule has 0 aromatic carbocycles. The average Bonchev–Trinajstić information content (AvgIpc) is 3.03. The van der Waals surface area contributed by atoms with Gasteiger partial charge in [0, 0.05) is 31.1 Å². The Morgan fingerprint density at radius 3 is 2.80 bits per heavy atom. The van der Waals surface area contributed by atoms with E-state index in [2.05, 4.69) is 10.2 Å². The van der Waals surface area contributed by atoms with Crippen molar-refractivity contribution in [1.29, 1.82) is 0 Å². The summed E-state index contributed by atoms with van der Waals surface area (Å²) in [7, 11) is 0. The lowest BCUT2D eigenvalue weighted by molar-refractivity contribution is -0.138. The third-order valence-corrected chi connectivity index (χ3v) is 4.89. The monoisotopic (exact) mass is 354 g/mol. The molecule has 1 amide bonds. The fourth-order valence-corrected chi connectivity index (χ4v) is 3.23. The second-order valence-electron chi connectivity index (χ2n) is 6.63. The summed E-state index contributed by atoms with van der Waals surface area (Å²) in [5.74, 6) is 0.422. The van der Waals surface area contributed by atoms with Crippen molar-refractivity contribution >= 4 is 11.6 Å². The molecule has 1 saturated heterocycles. The number of pyridine rings is 1. The number of halogens is 3. The molecule has 2 aromatic heterocycles. The maximum Gasteiger partial charge on any atom is 0.417 e. The molecule has 0 aliphatic carbocycles. The fraction of sp³-hybridized carbons (Fsp3) is 0.588. The zero-order chi connectivity index (χ0) is 18.2. The Morgan fingerprint density at radius 1 is 1.36 bits per heavy atom. The van der Waals surface area contributed by atoms with Crippen molar-refractivity contribution in [2.75, 3.05) is 13.1 Å². The Morgan fingerprint density at radius 2 is 2.12 bits per heavy atom. The van der Waals surface area contributed by atoms with Crippen molar-refractivity contribution in [3.8, 4) is 0 Å². The van der Waals surface area contributed by atoms with Crippen molar-refractivity contribution in [3.63, 3.8) is 0 Å². The van der Waals surface area contributed by atoms with E-state index in [0.29, 0.717) is 24.6 Å². The zero-order valence-corrected chi connectivity index (χ0v) is 14.3. The number of rotatable bonds is 3. The molecule has 0 saturated carbocycles. The summed E-state index contributed by atoms with van der Waals surface area (Å²) in [6, 6.07) is 2.33. The quantitative estimate of drug-likeness (QED) is 0.848. The first-order valence-corrected chi connectivity index (χ1v) is 8.52. The normalized spacial score (nSPS) is 20.0. The highest BCUT2D eigenvalue weighted by atomic mass is 19.4. The number of hydrogen-bond acceptors (Lipinski definition) is 3. The van der Waals surface area contributed by atoms with E-state index in [4.69, 9.17) is 0 Å². The molecule has 8 heteroatoms. The molecule has 1 aliphatic heterocycles. The average molecular weight is 354 g/mol. The van der Waals surface area contributed by atoms with Gasteiger partial charge < -0.3 is 4.90 Å². The first-order valence-electron chi connectivity index (χ1n) is 8.52. The van der Waals surface area contributed by atoms with Crippen LogP contribution in [0.4, 0.5) is 13.2 Å². The highest BCUT2D eigenvalue weighted by molar-refractivity contribution is 5.78. The van der Waals surface area contributed by atoms with Crippen LogP contribution in [0.25, 0.3) is 5.65 Å². The Hall–Kier alpha value is -2.12. The van der Waals surface area contributed by atoms with Gasteiger partial charge in [-0.2, -0.15) is 13.2 Å². The van der Waals surface area contributed by atoms with Crippen LogP contribution in [-0.2, 0) is 11.0 Å². The lowest BCUT2D eigenvalue weighted by Crippen LogP contribution is -2.42. The number of nitrogens with zero attached hydrogens (tertiary/aromatic N) is 4. The van der Waals surface area contributed by atoms with E-state index in [1.165, 1.54) is 10.5 Å². The summed E-state index contributed by atoms with van der Waals surface area (Å²) in [4.78, 5) is 14.2. The molecule has 2 atom stereocenters. The molecule has 1 fully saturated rings. The van der Waals surface area contributed by atoms with Gasteiger partial charge in [0.1, 0.15) is 5.82 Å². The number of hydrogen-bond donors (Lipinski definition) is 0. The minimum absolute atomic E-state index is 0.0503. The lowest BCUT2D eigenvalue weighted by atomic mass is 9.95. The number of amides is 1. The van der Waals surface area contributed by atoms with E-state index in [1.807, 2.05) is 13.8 Å². The number of likely N-dealkylation sites (tertiary alicyclic amines) is 1. The molecule has 5 nitrogen and oxygen atoms in total. The van der Waals surface area contributed by atoms with Gasteiger partial charge in [-0.05, 0) is 31.4 Å². The van der Waals surface area contributed by atoms with Gasteiger partial charge >= 0.3 is 6.18 Å². The van der Waals surface area contributed by atoms with E-state index in [0.717, 1.165) is 31.5 Å². The third-order valence-electron chi connectivity index (χ3n) is 4.89. The Kier molecular flexibility index (Phi) is 4.71. The number of piperidine rings is 1. The predicted molar refractivity (Wildman–Crippen MR) is 86.0 cm³/mol. The molecule has 2 aromatic rings. The van der Waals surface area contributed by atoms with Gasteiger partial charge in [0.15, 0.2) is 5.65 Å². The predicted octanol–water partition coefficient (Wildman–Crippen LogP) is 3.50. The van der Waals surface area contributed by atoms with Crippen molar-refractivity contribution < 1.29 is 18.0 Å². The lowest BCUT2D eigenvalue weighted by Gasteiger charge is -2.33. The first-order chi connectivity index (χ1) is 11.8. The van der Waals surface area contributed by atoms with Crippen LogP contribution in [0, 0.1) is 5.92 Å². The molecule has 0 spiro atoms. The standard InChI is InChI=1S/C17H21F3N4O/c1-3-11(2)16(25)23-8-4-5-12(9-23)15-22-21-14-7-6-13(10-24(14)15)17(18,19)20/h6-7,10-12H,3-5,8-9H2,1-2H3/t11-,12-/m1/s1.